The van der Waals surface area contributed by atoms with Crippen molar-refractivity contribution in [2.24, 2.45) is 5.92 Å². The molecule has 3 rings (SSSR count). The maximum atomic E-state index is 12.9. The van der Waals surface area contributed by atoms with Crippen molar-refractivity contribution < 1.29 is 14.3 Å². The van der Waals surface area contributed by atoms with E-state index in [2.05, 4.69) is 15.5 Å². The van der Waals surface area contributed by atoms with Crippen LogP contribution in [0.4, 0.5) is 11.4 Å². The number of anilines is 2. The molecule has 166 valence electrons. The maximum Gasteiger partial charge on any atom is 0.251 e. The number of ether oxygens (including phenoxy) is 1. The van der Waals surface area contributed by atoms with E-state index in [1.165, 1.54) is 24.9 Å². The minimum absolute atomic E-state index is 0.0562. The van der Waals surface area contributed by atoms with Gasteiger partial charge in [0.05, 0.1) is 6.61 Å². The van der Waals surface area contributed by atoms with Crippen LogP contribution in [0.2, 0.25) is 0 Å². The lowest BCUT2D eigenvalue weighted by atomic mass is 10.0. The van der Waals surface area contributed by atoms with E-state index in [9.17, 15) is 9.59 Å². The average Bonchev–Trinajstić information content (AvgIpc) is 2.79. The third-order valence-electron chi connectivity index (χ3n) is 5.52. The van der Waals surface area contributed by atoms with Crippen LogP contribution in [0.1, 0.15) is 50.4 Å². The van der Waals surface area contributed by atoms with E-state index in [0.29, 0.717) is 17.9 Å². The number of carbonyl (C=O) groups excluding carboxylic acids is 2. The largest absolute Gasteiger partial charge is 0.494 e. The van der Waals surface area contributed by atoms with Crippen LogP contribution in [-0.4, -0.2) is 37.6 Å². The Hall–Kier alpha value is -3.02. The molecule has 2 aromatic rings. The topological polar surface area (TPSA) is 70.7 Å². The zero-order valence-corrected chi connectivity index (χ0v) is 18.7. The Morgan fingerprint density at radius 3 is 2.19 bits per heavy atom. The lowest BCUT2D eigenvalue weighted by Gasteiger charge is -2.29. The molecular weight excluding hydrogens is 390 g/mol. The fourth-order valence-electron chi connectivity index (χ4n) is 3.76. The summed E-state index contributed by atoms with van der Waals surface area (Å²) in [7, 11) is 0. The van der Waals surface area contributed by atoms with Crippen molar-refractivity contribution in [2.45, 2.75) is 46.1 Å². The van der Waals surface area contributed by atoms with E-state index in [0.717, 1.165) is 18.8 Å². The lowest BCUT2D eigenvalue weighted by molar-refractivity contribution is -0.118. The first-order valence-electron chi connectivity index (χ1n) is 11.2. The highest BCUT2D eigenvalue weighted by molar-refractivity contribution is 6.01. The minimum atomic E-state index is -0.638. The summed E-state index contributed by atoms with van der Waals surface area (Å²) in [4.78, 5) is 27.9. The fourth-order valence-corrected chi connectivity index (χ4v) is 3.76. The Morgan fingerprint density at radius 2 is 1.61 bits per heavy atom. The smallest absolute Gasteiger partial charge is 0.251 e. The summed E-state index contributed by atoms with van der Waals surface area (Å²) in [5, 5.41) is 5.81. The molecule has 1 atom stereocenters. The highest BCUT2D eigenvalue weighted by Gasteiger charge is 2.25. The number of benzene rings is 2. The number of nitrogens with zero attached hydrogens (tertiary/aromatic N) is 1. The van der Waals surface area contributed by atoms with E-state index in [-0.39, 0.29) is 17.7 Å². The molecule has 0 aromatic heterocycles. The Morgan fingerprint density at radius 1 is 0.968 bits per heavy atom. The van der Waals surface area contributed by atoms with Gasteiger partial charge in [-0.2, -0.15) is 0 Å². The summed E-state index contributed by atoms with van der Waals surface area (Å²) in [6.07, 6.45) is 3.74. The molecule has 1 aliphatic heterocycles. The monoisotopic (exact) mass is 423 g/mol. The summed E-state index contributed by atoms with van der Waals surface area (Å²) < 4.78 is 5.41. The van der Waals surface area contributed by atoms with Crippen molar-refractivity contribution in [3.8, 4) is 5.75 Å². The number of rotatable bonds is 8. The molecule has 0 unspecified atom stereocenters. The quantitative estimate of drug-likeness (QED) is 0.657. The van der Waals surface area contributed by atoms with Crippen LogP contribution in [0.15, 0.2) is 48.5 Å². The molecule has 0 spiro atoms. The zero-order valence-electron chi connectivity index (χ0n) is 18.7. The van der Waals surface area contributed by atoms with Crippen LogP contribution in [-0.2, 0) is 4.79 Å². The molecule has 0 bridgehead atoms. The zero-order chi connectivity index (χ0) is 22.2. The summed E-state index contributed by atoms with van der Waals surface area (Å²) in [5.41, 5.74) is 2.40. The van der Waals surface area contributed by atoms with Crippen LogP contribution in [0.3, 0.4) is 0 Å². The summed E-state index contributed by atoms with van der Waals surface area (Å²) in [6, 6.07) is 14.2. The third kappa shape index (κ3) is 6.23. The first-order valence-corrected chi connectivity index (χ1v) is 11.2. The van der Waals surface area contributed by atoms with Gasteiger partial charge in [-0.05, 0) is 80.6 Å². The second-order valence-corrected chi connectivity index (χ2v) is 8.24. The number of amides is 2. The van der Waals surface area contributed by atoms with E-state index >= 15 is 0 Å². The Labute approximate surface area is 185 Å². The van der Waals surface area contributed by atoms with Gasteiger partial charge in [-0.15, -0.1) is 0 Å². The maximum absolute atomic E-state index is 12.9. The van der Waals surface area contributed by atoms with Crippen LogP contribution >= 0.6 is 0 Å². The molecule has 0 radical (unpaired) electrons. The predicted molar refractivity (Wildman–Crippen MR) is 125 cm³/mol. The van der Waals surface area contributed by atoms with E-state index < -0.39 is 6.04 Å². The molecule has 2 aromatic carbocycles. The molecule has 0 aliphatic carbocycles. The van der Waals surface area contributed by atoms with Crippen LogP contribution in [0.25, 0.3) is 0 Å². The minimum Gasteiger partial charge on any atom is -0.494 e. The van der Waals surface area contributed by atoms with Gasteiger partial charge in [0.15, 0.2) is 0 Å². The van der Waals surface area contributed by atoms with Gasteiger partial charge in [0.25, 0.3) is 5.91 Å². The molecule has 2 amide bonds. The van der Waals surface area contributed by atoms with Crippen molar-refractivity contribution >= 4 is 23.2 Å². The molecule has 0 saturated carbocycles. The van der Waals surface area contributed by atoms with Gasteiger partial charge in [0.2, 0.25) is 5.91 Å². The molecule has 1 fully saturated rings. The second-order valence-electron chi connectivity index (χ2n) is 8.24. The average molecular weight is 424 g/mol. The number of nitrogens with one attached hydrogen (secondary N) is 2. The SMILES string of the molecule is CCOc1ccc(C(=O)N[C@H](C(=O)Nc2ccc(N3CCCCC3)cc2)C(C)C)cc1. The molecular formula is C25H33N3O3. The van der Waals surface area contributed by atoms with Gasteiger partial charge >= 0.3 is 0 Å². The van der Waals surface area contributed by atoms with Crippen LogP contribution in [0.5, 0.6) is 5.75 Å². The molecule has 1 aliphatic rings. The van der Waals surface area contributed by atoms with E-state index in [1.54, 1.807) is 24.3 Å². The van der Waals surface area contributed by atoms with Gasteiger partial charge in [0.1, 0.15) is 11.8 Å². The summed E-state index contributed by atoms with van der Waals surface area (Å²) in [6.45, 7) is 8.48. The lowest BCUT2D eigenvalue weighted by Crippen LogP contribution is -2.47. The van der Waals surface area contributed by atoms with Gasteiger partial charge in [-0.1, -0.05) is 13.8 Å². The van der Waals surface area contributed by atoms with Crippen molar-refractivity contribution in [1.82, 2.24) is 5.32 Å². The Kier molecular flexibility index (Phi) is 7.93. The number of hydrogen-bond acceptors (Lipinski definition) is 4. The highest BCUT2D eigenvalue weighted by atomic mass is 16.5. The van der Waals surface area contributed by atoms with E-state index in [4.69, 9.17) is 4.74 Å². The summed E-state index contributed by atoms with van der Waals surface area (Å²) in [5.74, 6) is 0.154. The van der Waals surface area contributed by atoms with Crippen molar-refractivity contribution in [2.75, 3.05) is 29.9 Å². The second kappa shape index (κ2) is 10.8. The van der Waals surface area contributed by atoms with Crippen molar-refractivity contribution in [1.29, 1.82) is 0 Å². The molecule has 2 N–H and O–H groups in total. The number of carbonyl (C=O) groups is 2. The highest BCUT2D eigenvalue weighted by Crippen LogP contribution is 2.22. The number of hydrogen-bond donors (Lipinski definition) is 2. The van der Waals surface area contributed by atoms with Gasteiger partial charge < -0.3 is 20.3 Å². The third-order valence-corrected chi connectivity index (χ3v) is 5.52. The normalized spacial score (nSPS) is 14.8. The molecule has 6 heteroatoms. The summed E-state index contributed by atoms with van der Waals surface area (Å²) >= 11 is 0. The fraction of sp³-hybridized carbons (Fsp3) is 0.440. The molecule has 31 heavy (non-hydrogen) atoms. The van der Waals surface area contributed by atoms with Crippen molar-refractivity contribution in [3.63, 3.8) is 0 Å². The standard InChI is InChI=1S/C25H33N3O3/c1-4-31-22-14-8-19(9-15-22)24(29)27-23(18(2)3)25(30)26-20-10-12-21(13-11-20)28-16-6-5-7-17-28/h8-15,18,23H,4-7,16-17H2,1-3H3,(H,26,30)(H,27,29)/t23-/m0/s1. The Bertz CT molecular complexity index is 857. The molecule has 1 saturated heterocycles. The van der Waals surface area contributed by atoms with E-state index in [1.807, 2.05) is 45.0 Å². The number of piperidine rings is 1. The van der Waals surface area contributed by atoms with Crippen molar-refractivity contribution in [3.05, 3.63) is 54.1 Å². The Balaban J connectivity index is 1.61. The van der Waals surface area contributed by atoms with Gasteiger partial charge in [-0.3, -0.25) is 9.59 Å². The predicted octanol–water partition coefficient (Wildman–Crippen LogP) is 4.47. The molecule has 1 heterocycles. The van der Waals surface area contributed by atoms with Gasteiger partial charge in [0, 0.05) is 30.0 Å². The first-order chi connectivity index (χ1) is 15.0. The van der Waals surface area contributed by atoms with Crippen LogP contribution in [0, 0.1) is 5.92 Å². The molecule has 6 nitrogen and oxygen atoms in total. The first kappa shape index (κ1) is 22.7. The van der Waals surface area contributed by atoms with Gasteiger partial charge in [-0.25, -0.2) is 0 Å². The van der Waals surface area contributed by atoms with Crippen LogP contribution < -0.4 is 20.3 Å².